The molecule has 0 spiro atoms. The van der Waals surface area contributed by atoms with Crippen molar-refractivity contribution < 1.29 is 9.53 Å². The number of hydrogen-bond acceptors (Lipinski definition) is 3. The summed E-state index contributed by atoms with van der Waals surface area (Å²) in [6, 6.07) is 0. The molecule has 1 saturated heterocycles. The van der Waals surface area contributed by atoms with Gasteiger partial charge in [-0.1, -0.05) is 0 Å². The first-order chi connectivity index (χ1) is 6.76. The zero-order valence-electron chi connectivity index (χ0n) is 8.42. The van der Waals surface area contributed by atoms with Gasteiger partial charge in [0, 0.05) is 25.7 Å². The summed E-state index contributed by atoms with van der Waals surface area (Å²) in [5, 5.41) is 3.07. The molecule has 0 aromatic rings. The summed E-state index contributed by atoms with van der Waals surface area (Å²) in [7, 11) is 0. The Labute approximate surface area is 84.2 Å². The zero-order valence-corrected chi connectivity index (χ0v) is 8.42. The van der Waals surface area contributed by atoms with Crippen LogP contribution < -0.4 is 11.1 Å². The number of carbonyl (C=O) groups is 1. The summed E-state index contributed by atoms with van der Waals surface area (Å²) in [6.07, 6.45) is 3.79. The molecule has 1 saturated carbocycles. The maximum Gasteiger partial charge on any atom is 0.223 e. The van der Waals surface area contributed by atoms with Crippen molar-refractivity contribution in [1.29, 1.82) is 0 Å². The van der Waals surface area contributed by atoms with E-state index in [4.69, 9.17) is 10.5 Å². The van der Waals surface area contributed by atoms with Crippen LogP contribution in [-0.2, 0) is 9.53 Å². The standard InChI is InChI=1S/C10H18N2O2/c11-7-10(3-4-10)12-9(13)8-1-5-14-6-2-8/h8H,1-7,11H2,(H,12,13). The van der Waals surface area contributed by atoms with Gasteiger partial charge in [-0.3, -0.25) is 4.79 Å². The van der Waals surface area contributed by atoms with Crippen molar-refractivity contribution in [3.05, 3.63) is 0 Å². The lowest BCUT2D eigenvalue weighted by Gasteiger charge is -2.24. The SMILES string of the molecule is NCC1(NC(=O)C2CCOCC2)CC1. The molecule has 1 heterocycles. The van der Waals surface area contributed by atoms with Crippen molar-refractivity contribution in [1.82, 2.24) is 5.32 Å². The molecule has 1 amide bonds. The van der Waals surface area contributed by atoms with Crippen LogP contribution in [0.4, 0.5) is 0 Å². The second-order valence-corrected chi connectivity index (χ2v) is 4.36. The Morgan fingerprint density at radius 2 is 2.07 bits per heavy atom. The van der Waals surface area contributed by atoms with E-state index in [0.29, 0.717) is 19.8 Å². The van der Waals surface area contributed by atoms with Crippen LogP contribution in [-0.4, -0.2) is 31.2 Å². The molecule has 4 heteroatoms. The molecule has 0 unspecified atom stereocenters. The van der Waals surface area contributed by atoms with Gasteiger partial charge in [0.2, 0.25) is 5.91 Å². The normalized spacial score (nSPS) is 25.8. The molecule has 80 valence electrons. The van der Waals surface area contributed by atoms with E-state index < -0.39 is 0 Å². The number of nitrogens with two attached hydrogens (primary N) is 1. The Morgan fingerprint density at radius 3 is 2.57 bits per heavy atom. The number of nitrogens with one attached hydrogen (secondary N) is 1. The van der Waals surface area contributed by atoms with Crippen molar-refractivity contribution in [3.63, 3.8) is 0 Å². The summed E-state index contributed by atoms with van der Waals surface area (Å²) in [5.41, 5.74) is 5.56. The van der Waals surface area contributed by atoms with Gasteiger partial charge in [0.1, 0.15) is 0 Å². The molecule has 1 aliphatic heterocycles. The Hall–Kier alpha value is -0.610. The smallest absolute Gasteiger partial charge is 0.223 e. The molecule has 2 aliphatic rings. The van der Waals surface area contributed by atoms with Gasteiger partial charge in [-0.15, -0.1) is 0 Å². The van der Waals surface area contributed by atoms with Gasteiger partial charge in [0.05, 0.1) is 5.54 Å². The number of hydrogen-bond donors (Lipinski definition) is 2. The van der Waals surface area contributed by atoms with Gasteiger partial charge in [0.15, 0.2) is 0 Å². The largest absolute Gasteiger partial charge is 0.381 e. The molecule has 0 aromatic heterocycles. The number of amides is 1. The predicted molar refractivity (Wildman–Crippen MR) is 52.7 cm³/mol. The van der Waals surface area contributed by atoms with Crippen LogP contribution in [0.5, 0.6) is 0 Å². The quantitative estimate of drug-likeness (QED) is 0.672. The highest BCUT2D eigenvalue weighted by Crippen LogP contribution is 2.34. The molecular formula is C10H18N2O2. The van der Waals surface area contributed by atoms with E-state index in [1.165, 1.54) is 0 Å². The minimum absolute atomic E-state index is 0.0462. The fourth-order valence-corrected chi connectivity index (χ4v) is 1.85. The average molecular weight is 198 g/mol. The van der Waals surface area contributed by atoms with E-state index >= 15 is 0 Å². The monoisotopic (exact) mass is 198 g/mol. The molecule has 1 aliphatic carbocycles. The van der Waals surface area contributed by atoms with Gasteiger partial charge in [-0.05, 0) is 25.7 Å². The topological polar surface area (TPSA) is 64.3 Å². The maximum absolute atomic E-state index is 11.8. The van der Waals surface area contributed by atoms with E-state index in [1.807, 2.05) is 0 Å². The molecule has 0 aromatic carbocycles. The lowest BCUT2D eigenvalue weighted by molar-refractivity contribution is -0.128. The first kappa shape index (κ1) is 9.93. The van der Waals surface area contributed by atoms with Crippen molar-refractivity contribution in [2.75, 3.05) is 19.8 Å². The van der Waals surface area contributed by atoms with Crippen LogP contribution in [0, 0.1) is 5.92 Å². The van der Waals surface area contributed by atoms with E-state index in [9.17, 15) is 4.79 Å². The highest BCUT2D eigenvalue weighted by molar-refractivity contribution is 5.80. The van der Waals surface area contributed by atoms with Gasteiger partial charge in [-0.2, -0.15) is 0 Å². The fraction of sp³-hybridized carbons (Fsp3) is 0.900. The average Bonchev–Trinajstić information content (AvgIpc) is 3.00. The minimum atomic E-state index is -0.0462. The lowest BCUT2D eigenvalue weighted by Crippen LogP contribution is -2.46. The van der Waals surface area contributed by atoms with Gasteiger partial charge in [-0.25, -0.2) is 0 Å². The number of rotatable bonds is 3. The van der Waals surface area contributed by atoms with Crippen LogP contribution >= 0.6 is 0 Å². The molecule has 4 nitrogen and oxygen atoms in total. The summed E-state index contributed by atoms with van der Waals surface area (Å²) < 4.78 is 5.22. The summed E-state index contributed by atoms with van der Waals surface area (Å²) in [5.74, 6) is 0.323. The van der Waals surface area contributed by atoms with Crippen molar-refractivity contribution in [3.8, 4) is 0 Å². The second-order valence-electron chi connectivity index (χ2n) is 4.36. The summed E-state index contributed by atoms with van der Waals surface area (Å²) >= 11 is 0. The fourth-order valence-electron chi connectivity index (χ4n) is 1.85. The Morgan fingerprint density at radius 1 is 1.43 bits per heavy atom. The van der Waals surface area contributed by atoms with Crippen LogP contribution in [0.3, 0.4) is 0 Å². The van der Waals surface area contributed by atoms with Crippen LogP contribution in [0.25, 0.3) is 0 Å². The van der Waals surface area contributed by atoms with Crippen molar-refractivity contribution >= 4 is 5.91 Å². The number of ether oxygens (including phenoxy) is 1. The highest BCUT2D eigenvalue weighted by Gasteiger charge is 2.43. The Kier molecular flexibility index (Phi) is 2.74. The maximum atomic E-state index is 11.8. The van der Waals surface area contributed by atoms with Gasteiger partial charge >= 0.3 is 0 Å². The minimum Gasteiger partial charge on any atom is -0.381 e. The Balaban J connectivity index is 1.82. The molecule has 0 atom stereocenters. The number of carbonyl (C=O) groups excluding carboxylic acids is 1. The molecule has 14 heavy (non-hydrogen) atoms. The van der Waals surface area contributed by atoms with Crippen molar-refractivity contribution in [2.24, 2.45) is 11.7 Å². The van der Waals surface area contributed by atoms with Crippen LogP contribution in [0.15, 0.2) is 0 Å². The van der Waals surface area contributed by atoms with E-state index in [2.05, 4.69) is 5.32 Å². The van der Waals surface area contributed by atoms with Crippen LogP contribution in [0.1, 0.15) is 25.7 Å². The predicted octanol–water partition coefficient (Wildman–Crippen LogP) is 0.0205. The lowest BCUT2D eigenvalue weighted by atomic mass is 9.99. The molecule has 0 bridgehead atoms. The van der Waals surface area contributed by atoms with Gasteiger partial charge < -0.3 is 15.8 Å². The van der Waals surface area contributed by atoms with Crippen molar-refractivity contribution in [2.45, 2.75) is 31.2 Å². The first-order valence-corrected chi connectivity index (χ1v) is 5.36. The Bertz CT molecular complexity index is 220. The second kappa shape index (κ2) is 3.87. The first-order valence-electron chi connectivity index (χ1n) is 5.36. The third kappa shape index (κ3) is 2.07. The molecule has 3 N–H and O–H groups in total. The molecular weight excluding hydrogens is 180 g/mol. The van der Waals surface area contributed by atoms with Crippen LogP contribution in [0.2, 0.25) is 0 Å². The summed E-state index contributed by atoms with van der Waals surface area (Å²) in [6.45, 7) is 2.00. The highest BCUT2D eigenvalue weighted by atomic mass is 16.5. The molecule has 2 fully saturated rings. The van der Waals surface area contributed by atoms with E-state index in [1.54, 1.807) is 0 Å². The van der Waals surface area contributed by atoms with E-state index in [-0.39, 0.29) is 17.4 Å². The zero-order chi connectivity index (χ0) is 10.0. The van der Waals surface area contributed by atoms with Gasteiger partial charge in [0.25, 0.3) is 0 Å². The van der Waals surface area contributed by atoms with E-state index in [0.717, 1.165) is 25.7 Å². The molecule has 0 radical (unpaired) electrons. The third-order valence-corrected chi connectivity index (χ3v) is 3.22. The molecule has 2 rings (SSSR count). The summed E-state index contributed by atoms with van der Waals surface area (Å²) in [4.78, 5) is 11.8. The third-order valence-electron chi connectivity index (χ3n) is 3.22.